The third kappa shape index (κ3) is 5.23. The van der Waals surface area contributed by atoms with Crippen LogP contribution in [0.2, 0.25) is 0 Å². The van der Waals surface area contributed by atoms with E-state index in [1.165, 1.54) is 17.0 Å². The number of nitrogens with zero attached hydrogens (tertiary/aromatic N) is 3. The molecule has 1 N–H and O–H groups in total. The number of benzene rings is 1. The van der Waals surface area contributed by atoms with E-state index in [4.69, 9.17) is 0 Å². The molecule has 2 heterocycles. The van der Waals surface area contributed by atoms with Crippen LogP contribution < -0.4 is 10.2 Å². The minimum absolute atomic E-state index is 0.0641. The standard InChI is InChI=1S/C26H33FN4OS/c1-4-26(2,3)18-5-10-21-22(16-28)25(33-23(21)15-18)29-24(32)17-30-11-13-31(14-12-30)20-8-6-19(27)7-9-20/h6-9,18H,4-5,10-15,17H2,1-3H3,(H,29,32)/t18-/m1/s1. The first kappa shape index (κ1) is 23.7. The number of carbonyl (C=O) groups excluding carboxylic acids is 1. The zero-order valence-corrected chi connectivity index (χ0v) is 20.6. The second-order valence-corrected chi connectivity index (χ2v) is 11.0. The van der Waals surface area contributed by atoms with Crippen molar-refractivity contribution in [2.75, 3.05) is 42.9 Å². The Hall–Kier alpha value is -2.43. The Labute approximate surface area is 200 Å². The van der Waals surface area contributed by atoms with Gasteiger partial charge in [0.1, 0.15) is 16.9 Å². The molecule has 2 aliphatic rings. The highest BCUT2D eigenvalue weighted by Crippen LogP contribution is 2.45. The van der Waals surface area contributed by atoms with Crippen molar-refractivity contribution >= 4 is 27.9 Å². The Morgan fingerprint density at radius 2 is 1.94 bits per heavy atom. The smallest absolute Gasteiger partial charge is 0.239 e. The normalized spacial score (nSPS) is 19.1. The lowest BCUT2D eigenvalue weighted by Crippen LogP contribution is -2.48. The molecular formula is C26H33FN4OS. The second-order valence-electron chi connectivity index (χ2n) is 9.89. The van der Waals surface area contributed by atoms with Crippen molar-refractivity contribution in [3.05, 3.63) is 46.1 Å². The van der Waals surface area contributed by atoms with Gasteiger partial charge >= 0.3 is 0 Å². The number of hydrogen-bond donors (Lipinski definition) is 1. The average molecular weight is 469 g/mol. The first-order valence-corrected chi connectivity index (χ1v) is 12.7. The van der Waals surface area contributed by atoms with E-state index in [2.05, 4.69) is 42.0 Å². The molecule has 4 rings (SSSR count). The maximum Gasteiger partial charge on any atom is 0.239 e. The van der Waals surface area contributed by atoms with E-state index < -0.39 is 0 Å². The molecule has 176 valence electrons. The number of thiophene rings is 1. The quantitative estimate of drug-likeness (QED) is 0.644. The summed E-state index contributed by atoms with van der Waals surface area (Å²) in [5.74, 6) is 0.317. The third-order valence-corrected chi connectivity index (χ3v) is 8.75. The van der Waals surface area contributed by atoms with Gasteiger partial charge in [-0.05, 0) is 60.4 Å². The highest BCUT2D eigenvalue weighted by molar-refractivity contribution is 7.16. The van der Waals surface area contributed by atoms with E-state index in [9.17, 15) is 14.4 Å². The molecule has 1 aromatic heterocycles. The summed E-state index contributed by atoms with van der Waals surface area (Å²) in [5, 5.41) is 13.5. The fourth-order valence-corrected chi connectivity index (χ4v) is 6.23. The van der Waals surface area contributed by atoms with E-state index in [0.29, 0.717) is 23.0 Å². The third-order valence-electron chi connectivity index (χ3n) is 7.58. The van der Waals surface area contributed by atoms with E-state index in [1.807, 2.05) is 0 Å². The summed E-state index contributed by atoms with van der Waals surface area (Å²) in [4.78, 5) is 18.4. The van der Waals surface area contributed by atoms with Crippen molar-refractivity contribution in [3.8, 4) is 6.07 Å². The number of halogens is 1. The van der Waals surface area contributed by atoms with Crippen molar-refractivity contribution < 1.29 is 9.18 Å². The number of anilines is 2. The molecule has 0 unspecified atom stereocenters. The molecule has 1 aromatic carbocycles. The molecule has 0 radical (unpaired) electrons. The van der Waals surface area contributed by atoms with Gasteiger partial charge in [0.15, 0.2) is 0 Å². The van der Waals surface area contributed by atoms with Crippen LogP contribution in [-0.4, -0.2) is 43.5 Å². The predicted molar refractivity (Wildman–Crippen MR) is 132 cm³/mol. The van der Waals surface area contributed by atoms with Gasteiger partial charge in [0.05, 0.1) is 12.1 Å². The summed E-state index contributed by atoms with van der Waals surface area (Å²) >= 11 is 1.59. The lowest BCUT2D eigenvalue weighted by Gasteiger charge is -2.36. The number of amides is 1. The number of piperazine rings is 1. The van der Waals surface area contributed by atoms with Crippen LogP contribution in [0.15, 0.2) is 24.3 Å². The van der Waals surface area contributed by atoms with E-state index in [0.717, 1.165) is 63.1 Å². The topological polar surface area (TPSA) is 59.4 Å². The van der Waals surface area contributed by atoms with Gasteiger partial charge in [-0.25, -0.2) is 4.39 Å². The molecule has 0 bridgehead atoms. The van der Waals surface area contributed by atoms with Crippen molar-refractivity contribution in [1.82, 2.24) is 4.90 Å². The van der Waals surface area contributed by atoms with Gasteiger partial charge in [-0.3, -0.25) is 9.69 Å². The fraction of sp³-hybridized carbons (Fsp3) is 0.538. The summed E-state index contributed by atoms with van der Waals surface area (Å²) < 4.78 is 13.2. The molecule has 33 heavy (non-hydrogen) atoms. The van der Waals surface area contributed by atoms with E-state index >= 15 is 0 Å². The Balaban J connectivity index is 1.35. The van der Waals surface area contributed by atoms with Crippen LogP contribution in [0.1, 0.15) is 49.6 Å². The Morgan fingerprint density at radius 1 is 1.24 bits per heavy atom. The van der Waals surface area contributed by atoms with E-state index in [-0.39, 0.29) is 17.1 Å². The number of carbonyl (C=O) groups is 1. The molecule has 1 aliphatic heterocycles. The summed E-state index contributed by atoms with van der Waals surface area (Å²) in [6.45, 7) is 10.4. The van der Waals surface area contributed by atoms with Gasteiger partial charge in [-0.2, -0.15) is 5.26 Å². The maximum atomic E-state index is 13.2. The van der Waals surface area contributed by atoms with Crippen molar-refractivity contribution in [3.63, 3.8) is 0 Å². The summed E-state index contributed by atoms with van der Waals surface area (Å²) in [6.07, 6.45) is 4.16. The highest BCUT2D eigenvalue weighted by atomic mass is 32.1. The van der Waals surface area contributed by atoms with Gasteiger partial charge in [-0.1, -0.05) is 27.2 Å². The molecule has 0 saturated carbocycles. The van der Waals surface area contributed by atoms with Crippen molar-refractivity contribution in [2.45, 2.75) is 46.5 Å². The number of rotatable bonds is 6. The molecule has 5 nitrogen and oxygen atoms in total. The predicted octanol–water partition coefficient (Wildman–Crippen LogP) is 5.06. The molecule has 2 aromatic rings. The molecular weight excluding hydrogens is 435 g/mol. The molecule has 7 heteroatoms. The largest absolute Gasteiger partial charge is 0.369 e. The van der Waals surface area contributed by atoms with Crippen LogP contribution >= 0.6 is 11.3 Å². The highest BCUT2D eigenvalue weighted by Gasteiger charge is 2.34. The summed E-state index contributed by atoms with van der Waals surface area (Å²) in [6, 6.07) is 8.91. The second kappa shape index (κ2) is 9.82. The molecule has 1 fully saturated rings. The minimum Gasteiger partial charge on any atom is -0.369 e. The van der Waals surface area contributed by atoms with Crippen LogP contribution in [0, 0.1) is 28.5 Å². The maximum absolute atomic E-state index is 13.2. The minimum atomic E-state index is -0.231. The number of hydrogen-bond acceptors (Lipinski definition) is 5. The fourth-order valence-electron chi connectivity index (χ4n) is 4.93. The van der Waals surface area contributed by atoms with Gasteiger partial charge in [-0.15, -0.1) is 11.3 Å². The van der Waals surface area contributed by atoms with Crippen LogP contribution in [0.3, 0.4) is 0 Å². The monoisotopic (exact) mass is 468 g/mol. The van der Waals surface area contributed by atoms with Crippen molar-refractivity contribution in [2.24, 2.45) is 11.3 Å². The van der Waals surface area contributed by atoms with Crippen LogP contribution in [0.4, 0.5) is 15.1 Å². The molecule has 1 aliphatic carbocycles. The van der Waals surface area contributed by atoms with Gasteiger partial charge in [0.25, 0.3) is 0 Å². The van der Waals surface area contributed by atoms with Crippen LogP contribution in [-0.2, 0) is 17.6 Å². The van der Waals surface area contributed by atoms with Crippen LogP contribution in [0.25, 0.3) is 0 Å². The first-order chi connectivity index (χ1) is 15.8. The van der Waals surface area contributed by atoms with Gasteiger partial charge in [0, 0.05) is 36.7 Å². The Morgan fingerprint density at radius 3 is 2.58 bits per heavy atom. The molecule has 1 saturated heterocycles. The van der Waals surface area contributed by atoms with E-state index in [1.54, 1.807) is 23.5 Å². The number of nitrogens with one attached hydrogen (secondary N) is 1. The molecule has 1 atom stereocenters. The lowest BCUT2D eigenvalue weighted by atomic mass is 9.69. The zero-order chi connectivity index (χ0) is 23.6. The van der Waals surface area contributed by atoms with Gasteiger partial charge in [0.2, 0.25) is 5.91 Å². The average Bonchev–Trinajstić information content (AvgIpc) is 3.16. The number of fused-ring (bicyclic) bond motifs is 1. The zero-order valence-electron chi connectivity index (χ0n) is 19.8. The summed E-state index contributed by atoms with van der Waals surface area (Å²) in [7, 11) is 0. The Bertz CT molecular complexity index is 1030. The van der Waals surface area contributed by atoms with Crippen molar-refractivity contribution in [1.29, 1.82) is 5.26 Å². The van der Waals surface area contributed by atoms with Crippen LogP contribution in [0.5, 0.6) is 0 Å². The number of nitriles is 1. The lowest BCUT2D eigenvalue weighted by molar-refractivity contribution is -0.117. The SMILES string of the molecule is CCC(C)(C)[C@@H]1CCc2c(sc(NC(=O)CN3CCN(c4ccc(F)cc4)CC3)c2C#N)C1. The Kier molecular flexibility index (Phi) is 7.06. The molecule has 0 spiro atoms. The van der Waals surface area contributed by atoms with Gasteiger partial charge < -0.3 is 10.2 Å². The first-order valence-electron chi connectivity index (χ1n) is 11.9. The molecule has 1 amide bonds. The summed E-state index contributed by atoms with van der Waals surface area (Å²) in [5.41, 5.74) is 3.10.